The number of carbonyl (C=O) groups excluding carboxylic acids is 4. The number of carboxylic acid groups (broad SMARTS) is 2. The zero-order valence-corrected chi connectivity index (χ0v) is 16.9. The number of nitrogens with two attached hydrogens (primary N) is 2. The predicted octanol–water partition coefficient (Wildman–Crippen LogP) is -3.81. The molecule has 3 atom stereocenters. The molecule has 1 aromatic heterocycles. The van der Waals surface area contributed by atoms with Crippen LogP contribution < -0.4 is 27.4 Å². The van der Waals surface area contributed by atoms with Gasteiger partial charge in [0.2, 0.25) is 23.6 Å². The summed E-state index contributed by atoms with van der Waals surface area (Å²) in [5.41, 5.74) is 11.5. The molecule has 0 radical (unpaired) electrons. The summed E-state index contributed by atoms with van der Waals surface area (Å²) in [6.07, 6.45) is 1.68. The first-order chi connectivity index (χ1) is 15.0. The summed E-state index contributed by atoms with van der Waals surface area (Å²) in [5.74, 6) is -6.26. The standard InChI is InChI=1S/C17H25N7O8/c18-9(3-8-5-20-7-22-8)15(29)24-10(1-2-12(19)25)16(30)21-6-13(26)23-11(17(31)32)4-14(27)28/h5,7,9-11H,1-4,6,18H2,(H2,19,25)(H,20,22)(H,21,30)(H,23,26)(H,24,29)(H,27,28)(H,31,32). The Balaban J connectivity index is 2.68. The second-order valence-electron chi connectivity index (χ2n) is 6.73. The van der Waals surface area contributed by atoms with E-state index in [4.69, 9.17) is 21.7 Å². The summed E-state index contributed by atoms with van der Waals surface area (Å²) in [4.78, 5) is 75.9. The van der Waals surface area contributed by atoms with Crippen molar-refractivity contribution in [3.63, 3.8) is 0 Å². The Morgan fingerprint density at radius 2 is 1.75 bits per heavy atom. The molecule has 32 heavy (non-hydrogen) atoms. The highest BCUT2D eigenvalue weighted by Crippen LogP contribution is 2.01. The number of hydrogen-bond donors (Lipinski definition) is 8. The number of aliphatic carboxylic acids is 2. The number of nitrogens with one attached hydrogen (secondary N) is 4. The Kier molecular flexibility index (Phi) is 10.3. The van der Waals surface area contributed by atoms with Crippen molar-refractivity contribution in [1.29, 1.82) is 0 Å². The van der Waals surface area contributed by atoms with Gasteiger partial charge in [0, 0.05) is 24.7 Å². The van der Waals surface area contributed by atoms with Crippen LogP contribution in [-0.2, 0) is 35.2 Å². The number of imidazole rings is 1. The molecule has 15 heteroatoms. The molecule has 1 aromatic rings. The zero-order chi connectivity index (χ0) is 24.3. The molecule has 0 fully saturated rings. The molecule has 15 nitrogen and oxygen atoms in total. The van der Waals surface area contributed by atoms with Crippen molar-refractivity contribution < 1.29 is 39.0 Å². The van der Waals surface area contributed by atoms with Gasteiger partial charge in [0.25, 0.3) is 0 Å². The molecule has 0 aromatic carbocycles. The summed E-state index contributed by atoms with van der Waals surface area (Å²) < 4.78 is 0. The van der Waals surface area contributed by atoms with Crippen LogP contribution in [0, 0.1) is 0 Å². The van der Waals surface area contributed by atoms with E-state index in [9.17, 15) is 28.8 Å². The van der Waals surface area contributed by atoms with Crippen molar-refractivity contribution >= 4 is 35.6 Å². The monoisotopic (exact) mass is 455 g/mol. The van der Waals surface area contributed by atoms with Gasteiger partial charge in [-0.3, -0.25) is 24.0 Å². The Morgan fingerprint density at radius 3 is 2.28 bits per heavy atom. The lowest BCUT2D eigenvalue weighted by Crippen LogP contribution is -2.54. The second-order valence-corrected chi connectivity index (χ2v) is 6.73. The summed E-state index contributed by atoms with van der Waals surface area (Å²) in [6, 6.07) is -4.00. The Labute approximate surface area is 181 Å². The fraction of sp³-hybridized carbons (Fsp3) is 0.471. The quantitative estimate of drug-likeness (QED) is 0.135. The molecule has 0 saturated carbocycles. The summed E-state index contributed by atoms with van der Waals surface area (Å²) >= 11 is 0. The van der Waals surface area contributed by atoms with E-state index in [0.29, 0.717) is 5.69 Å². The third kappa shape index (κ3) is 9.66. The van der Waals surface area contributed by atoms with Gasteiger partial charge >= 0.3 is 11.9 Å². The van der Waals surface area contributed by atoms with Gasteiger partial charge in [0.1, 0.15) is 12.1 Å². The molecule has 0 bridgehead atoms. The highest BCUT2D eigenvalue weighted by molar-refractivity contribution is 5.93. The maximum atomic E-state index is 12.4. The molecule has 0 aliphatic carbocycles. The maximum absolute atomic E-state index is 12.4. The fourth-order valence-electron chi connectivity index (χ4n) is 2.47. The van der Waals surface area contributed by atoms with Crippen molar-refractivity contribution in [2.24, 2.45) is 11.5 Å². The van der Waals surface area contributed by atoms with Crippen LogP contribution in [-0.4, -0.2) is 80.4 Å². The van der Waals surface area contributed by atoms with Gasteiger partial charge in [-0.25, -0.2) is 9.78 Å². The van der Waals surface area contributed by atoms with Crippen LogP contribution >= 0.6 is 0 Å². The molecule has 4 amide bonds. The second kappa shape index (κ2) is 12.6. The molecule has 1 rings (SSSR count). The van der Waals surface area contributed by atoms with Gasteiger partial charge < -0.3 is 42.6 Å². The molecule has 176 valence electrons. The molecule has 0 aliphatic rings. The highest BCUT2D eigenvalue weighted by atomic mass is 16.4. The number of nitrogens with zero attached hydrogens (tertiary/aromatic N) is 1. The van der Waals surface area contributed by atoms with Crippen molar-refractivity contribution in [2.45, 2.75) is 43.8 Å². The summed E-state index contributed by atoms with van der Waals surface area (Å²) in [7, 11) is 0. The molecule has 1 heterocycles. The number of primary amides is 1. The van der Waals surface area contributed by atoms with Crippen LogP contribution in [0.4, 0.5) is 0 Å². The topological polar surface area (TPSA) is 260 Å². The van der Waals surface area contributed by atoms with Crippen molar-refractivity contribution in [1.82, 2.24) is 25.9 Å². The predicted molar refractivity (Wildman–Crippen MR) is 105 cm³/mol. The molecule has 10 N–H and O–H groups in total. The number of H-pyrrole nitrogens is 1. The van der Waals surface area contributed by atoms with Crippen LogP contribution in [0.1, 0.15) is 25.0 Å². The van der Waals surface area contributed by atoms with E-state index in [2.05, 4.69) is 20.6 Å². The van der Waals surface area contributed by atoms with Crippen molar-refractivity contribution in [3.8, 4) is 0 Å². The first-order valence-corrected chi connectivity index (χ1v) is 9.32. The lowest BCUT2D eigenvalue weighted by molar-refractivity contribution is -0.147. The number of aromatic nitrogens is 2. The number of amides is 4. The number of rotatable bonds is 14. The van der Waals surface area contributed by atoms with E-state index in [1.165, 1.54) is 12.5 Å². The van der Waals surface area contributed by atoms with Crippen LogP contribution in [0.15, 0.2) is 12.5 Å². The van der Waals surface area contributed by atoms with Gasteiger partial charge in [-0.15, -0.1) is 0 Å². The molecular formula is C17H25N7O8. The third-order valence-electron chi connectivity index (χ3n) is 4.08. The lowest BCUT2D eigenvalue weighted by atomic mass is 10.1. The van der Waals surface area contributed by atoms with E-state index >= 15 is 0 Å². The first kappa shape index (κ1) is 26.0. The minimum absolute atomic E-state index is 0.0958. The number of aromatic amines is 1. The minimum Gasteiger partial charge on any atom is -0.481 e. The van der Waals surface area contributed by atoms with E-state index in [0.717, 1.165) is 0 Å². The fourth-order valence-corrected chi connectivity index (χ4v) is 2.47. The molecule has 0 aliphatic heterocycles. The Bertz CT molecular complexity index is 842. The van der Waals surface area contributed by atoms with Crippen LogP contribution in [0.25, 0.3) is 0 Å². The SMILES string of the molecule is NC(=O)CCC(NC(=O)C(N)Cc1cnc[nH]1)C(=O)NCC(=O)NC(CC(=O)O)C(=O)O. The number of carboxylic acids is 2. The van der Waals surface area contributed by atoms with E-state index < -0.39 is 66.7 Å². The van der Waals surface area contributed by atoms with Crippen molar-refractivity contribution in [2.75, 3.05) is 6.54 Å². The smallest absolute Gasteiger partial charge is 0.326 e. The summed E-state index contributed by atoms with van der Waals surface area (Å²) in [5, 5.41) is 24.1. The van der Waals surface area contributed by atoms with Crippen LogP contribution in [0.3, 0.4) is 0 Å². The van der Waals surface area contributed by atoms with E-state index in [1.807, 2.05) is 5.32 Å². The first-order valence-electron chi connectivity index (χ1n) is 9.32. The normalized spacial score (nSPS) is 13.3. The molecular weight excluding hydrogens is 430 g/mol. The minimum atomic E-state index is -1.69. The van der Waals surface area contributed by atoms with Gasteiger partial charge in [0.15, 0.2) is 0 Å². The molecule has 3 unspecified atom stereocenters. The summed E-state index contributed by atoms with van der Waals surface area (Å²) in [6.45, 7) is -0.703. The van der Waals surface area contributed by atoms with Gasteiger partial charge in [-0.2, -0.15) is 0 Å². The molecule has 0 saturated heterocycles. The van der Waals surface area contributed by atoms with Crippen molar-refractivity contribution in [3.05, 3.63) is 18.2 Å². The van der Waals surface area contributed by atoms with Crippen LogP contribution in [0.2, 0.25) is 0 Å². The Hall–Kier alpha value is -4.01. The zero-order valence-electron chi connectivity index (χ0n) is 16.9. The van der Waals surface area contributed by atoms with Crippen LogP contribution in [0.5, 0.6) is 0 Å². The average Bonchev–Trinajstić information content (AvgIpc) is 3.20. The lowest BCUT2D eigenvalue weighted by Gasteiger charge is -2.20. The number of hydrogen-bond acceptors (Lipinski definition) is 8. The van der Waals surface area contributed by atoms with Gasteiger partial charge in [-0.1, -0.05) is 0 Å². The highest BCUT2D eigenvalue weighted by Gasteiger charge is 2.26. The third-order valence-corrected chi connectivity index (χ3v) is 4.08. The molecule has 0 spiro atoms. The van der Waals surface area contributed by atoms with Gasteiger partial charge in [0.05, 0.1) is 25.3 Å². The average molecular weight is 455 g/mol. The Morgan fingerprint density at radius 1 is 1.06 bits per heavy atom. The maximum Gasteiger partial charge on any atom is 0.326 e. The largest absolute Gasteiger partial charge is 0.481 e. The van der Waals surface area contributed by atoms with E-state index in [-0.39, 0.29) is 19.3 Å². The van der Waals surface area contributed by atoms with Gasteiger partial charge in [-0.05, 0) is 6.42 Å². The van der Waals surface area contributed by atoms with E-state index in [1.54, 1.807) is 0 Å². The number of carbonyl (C=O) groups is 6.